The summed E-state index contributed by atoms with van der Waals surface area (Å²) in [6, 6.07) is 0. The largest absolute Gasteiger partial charge is 0.0654 e. The Balaban J connectivity index is 0.000000318. The van der Waals surface area contributed by atoms with Crippen LogP contribution in [-0.4, -0.2) is 0 Å². The monoisotopic (exact) mass is 456 g/mol. The van der Waals surface area contributed by atoms with E-state index < -0.39 is 0 Å². The van der Waals surface area contributed by atoms with E-state index in [1.165, 1.54) is 57.8 Å². The van der Waals surface area contributed by atoms with Crippen molar-refractivity contribution in [2.24, 2.45) is 59.2 Å². The molecule has 192 valence electrons. The molecular formula is C33H60. The standard InChI is InChI=1S/C26H46.C7H14/c1-4-6-12-22-18(3)17-21-11-9-14-24(21)26(22)25-19(5-2)15-16-20-10-7-8-13-23(20)25;1-7-5-3-2-4-6-7/h18-26H,4-17H2,1-3H3;7H,2-6H2,1H3. The molecule has 0 radical (unpaired) electrons. The second-order valence-corrected chi connectivity index (χ2v) is 13.7. The molecule has 0 amide bonds. The summed E-state index contributed by atoms with van der Waals surface area (Å²) in [5.74, 6) is 10.8. The first kappa shape index (κ1) is 26.1. The molecular weight excluding hydrogens is 396 g/mol. The van der Waals surface area contributed by atoms with E-state index in [0.29, 0.717) is 0 Å². The van der Waals surface area contributed by atoms with Gasteiger partial charge in [0.1, 0.15) is 0 Å². The predicted octanol–water partition coefficient (Wildman–Crippen LogP) is 10.7. The molecule has 0 bridgehead atoms. The molecule has 0 aromatic heterocycles. The lowest BCUT2D eigenvalue weighted by atomic mass is 9.49. The van der Waals surface area contributed by atoms with Crippen molar-refractivity contribution < 1.29 is 0 Å². The van der Waals surface area contributed by atoms with Crippen LogP contribution >= 0.6 is 0 Å². The number of rotatable bonds is 5. The summed E-state index contributed by atoms with van der Waals surface area (Å²) < 4.78 is 0. The summed E-state index contributed by atoms with van der Waals surface area (Å²) in [5.41, 5.74) is 0. The molecule has 9 atom stereocenters. The first-order valence-corrected chi connectivity index (χ1v) is 16.1. The highest BCUT2D eigenvalue weighted by molar-refractivity contribution is 5.01. The van der Waals surface area contributed by atoms with E-state index >= 15 is 0 Å². The Morgan fingerprint density at radius 3 is 1.97 bits per heavy atom. The minimum Gasteiger partial charge on any atom is -0.0654 e. The van der Waals surface area contributed by atoms with Crippen LogP contribution in [0.3, 0.4) is 0 Å². The fourth-order valence-electron chi connectivity index (χ4n) is 10.2. The Morgan fingerprint density at radius 1 is 0.606 bits per heavy atom. The summed E-state index contributed by atoms with van der Waals surface area (Å²) in [7, 11) is 0. The summed E-state index contributed by atoms with van der Waals surface area (Å²) >= 11 is 0. The van der Waals surface area contributed by atoms with Crippen molar-refractivity contribution in [2.45, 2.75) is 150 Å². The van der Waals surface area contributed by atoms with Crippen molar-refractivity contribution >= 4 is 0 Å². The van der Waals surface area contributed by atoms with Gasteiger partial charge in [-0.15, -0.1) is 0 Å². The van der Waals surface area contributed by atoms with Crippen LogP contribution in [0.15, 0.2) is 0 Å². The molecule has 5 aliphatic rings. The van der Waals surface area contributed by atoms with Crippen LogP contribution < -0.4 is 0 Å². The molecule has 0 heteroatoms. The maximum atomic E-state index is 2.66. The van der Waals surface area contributed by atoms with Gasteiger partial charge >= 0.3 is 0 Å². The highest BCUT2D eigenvalue weighted by Gasteiger charge is 2.52. The van der Waals surface area contributed by atoms with Gasteiger partial charge in [-0.05, 0) is 97.7 Å². The van der Waals surface area contributed by atoms with Crippen LogP contribution in [0.4, 0.5) is 0 Å². The van der Waals surface area contributed by atoms with Gasteiger partial charge in [0.25, 0.3) is 0 Å². The van der Waals surface area contributed by atoms with Crippen LogP contribution in [-0.2, 0) is 0 Å². The maximum Gasteiger partial charge on any atom is -0.0318 e. The van der Waals surface area contributed by atoms with E-state index in [0.717, 1.165) is 59.2 Å². The maximum absolute atomic E-state index is 2.66. The lowest BCUT2D eigenvalue weighted by Crippen LogP contribution is -2.49. The van der Waals surface area contributed by atoms with Crippen molar-refractivity contribution in [3.63, 3.8) is 0 Å². The highest BCUT2D eigenvalue weighted by Crippen LogP contribution is 2.60. The molecule has 5 saturated carbocycles. The van der Waals surface area contributed by atoms with Gasteiger partial charge in [-0.1, -0.05) is 111 Å². The molecule has 0 nitrogen and oxygen atoms in total. The summed E-state index contributed by atoms with van der Waals surface area (Å²) in [6.45, 7) is 9.96. The summed E-state index contributed by atoms with van der Waals surface area (Å²) in [5, 5.41) is 0. The average molecular weight is 457 g/mol. The van der Waals surface area contributed by atoms with Crippen molar-refractivity contribution in [3.8, 4) is 0 Å². The Kier molecular flexibility index (Phi) is 10.1. The van der Waals surface area contributed by atoms with Gasteiger partial charge < -0.3 is 0 Å². The Labute approximate surface area is 208 Å². The molecule has 0 N–H and O–H groups in total. The third kappa shape index (κ3) is 6.23. The van der Waals surface area contributed by atoms with Gasteiger partial charge in [-0.3, -0.25) is 0 Å². The molecule has 0 aromatic carbocycles. The molecule has 9 unspecified atom stereocenters. The zero-order valence-electron chi connectivity index (χ0n) is 23.2. The molecule has 5 fully saturated rings. The zero-order chi connectivity index (χ0) is 23.2. The van der Waals surface area contributed by atoms with Crippen LogP contribution in [0.2, 0.25) is 0 Å². The first-order chi connectivity index (χ1) is 16.1. The van der Waals surface area contributed by atoms with Gasteiger partial charge in [0.15, 0.2) is 0 Å². The molecule has 0 aliphatic heterocycles. The van der Waals surface area contributed by atoms with E-state index in [-0.39, 0.29) is 0 Å². The fourth-order valence-corrected chi connectivity index (χ4v) is 10.2. The smallest absolute Gasteiger partial charge is 0.0318 e. The molecule has 0 spiro atoms. The van der Waals surface area contributed by atoms with Gasteiger partial charge in [-0.2, -0.15) is 0 Å². The van der Waals surface area contributed by atoms with Gasteiger partial charge in [0.05, 0.1) is 0 Å². The lowest BCUT2D eigenvalue weighted by molar-refractivity contribution is -0.0713. The van der Waals surface area contributed by atoms with Crippen LogP contribution in [0, 0.1) is 59.2 Å². The van der Waals surface area contributed by atoms with Gasteiger partial charge in [-0.25, -0.2) is 0 Å². The molecule has 0 heterocycles. The quantitative estimate of drug-likeness (QED) is 0.386. The van der Waals surface area contributed by atoms with E-state index in [1.807, 2.05) is 0 Å². The first-order valence-electron chi connectivity index (χ1n) is 16.1. The molecule has 0 saturated heterocycles. The van der Waals surface area contributed by atoms with Gasteiger partial charge in [0.2, 0.25) is 0 Å². The number of hydrogen-bond acceptors (Lipinski definition) is 0. The molecule has 33 heavy (non-hydrogen) atoms. The van der Waals surface area contributed by atoms with Crippen molar-refractivity contribution in [1.82, 2.24) is 0 Å². The third-order valence-corrected chi connectivity index (χ3v) is 11.8. The van der Waals surface area contributed by atoms with E-state index in [9.17, 15) is 0 Å². The fraction of sp³-hybridized carbons (Fsp3) is 1.00. The Morgan fingerprint density at radius 2 is 1.27 bits per heavy atom. The second kappa shape index (κ2) is 12.8. The molecule has 0 aromatic rings. The van der Waals surface area contributed by atoms with Gasteiger partial charge in [0, 0.05) is 0 Å². The Bertz CT molecular complexity index is 544. The van der Waals surface area contributed by atoms with E-state index in [2.05, 4.69) is 27.7 Å². The third-order valence-electron chi connectivity index (χ3n) is 11.8. The number of hydrogen-bond donors (Lipinski definition) is 0. The SMILES string of the molecule is CC1CCCCC1.CCCCC1C(C)CC2CCCC2C1C1C(CC)CCC2CCCCC21. The van der Waals surface area contributed by atoms with Crippen LogP contribution in [0.25, 0.3) is 0 Å². The van der Waals surface area contributed by atoms with Crippen molar-refractivity contribution in [2.75, 3.05) is 0 Å². The average Bonchev–Trinajstić information content (AvgIpc) is 3.30. The van der Waals surface area contributed by atoms with E-state index in [4.69, 9.17) is 0 Å². The lowest BCUT2D eigenvalue weighted by Gasteiger charge is -2.56. The minimum atomic E-state index is 1.01. The zero-order valence-corrected chi connectivity index (χ0v) is 23.2. The normalized spacial score (nSPS) is 43.8. The van der Waals surface area contributed by atoms with E-state index in [1.54, 1.807) is 64.2 Å². The number of unbranched alkanes of at least 4 members (excludes halogenated alkanes) is 1. The molecule has 5 aliphatic carbocycles. The minimum absolute atomic E-state index is 1.01. The summed E-state index contributed by atoms with van der Waals surface area (Å²) in [4.78, 5) is 0. The Hall–Kier alpha value is 0. The van der Waals surface area contributed by atoms with Crippen LogP contribution in [0.1, 0.15) is 150 Å². The summed E-state index contributed by atoms with van der Waals surface area (Å²) in [6.07, 6.45) is 29.0. The topological polar surface area (TPSA) is 0 Å². The predicted molar refractivity (Wildman–Crippen MR) is 145 cm³/mol. The van der Waals surface area contributed by atoms with Crippen molar-refractivity contribution in [3.05, 3.63) is 0 Å². The second-order valence-electron chi connectivity index (χ2n) is 13.7. The van der Waals surface area contributed by atoms with Crippen molar-refractivity contribution in [1.29, 1.82) is 0 Å². The number of fused-ring (bicyclic) bond motifs is 2. The van der Waals surface area contributed by atoms with Crippen LogP contribution in [0.5, 0.6) is 0 Å². The highest BCUT2D eigenvalue weighted by atomic mass is 14.6. The molecule has 5 rings (SSSR count).